The van der Waals surface area contributed by atoms with Crippen molar-refractivity contribution in [3.63, 3.8) is 0 Å². The minimum absolute atomic E-state index is 0.279. The Bertz CT molecular complexity index is 310. The standard InChI is InChI=1S/C10H12O3.C2H6/c1-2-8(11)7-3-4-9-10(5-7)13-6-12-9;1-2/h3-5,8,11H,2,6H2,1H3;1-2H3. The lowest BCUT2D eigenvalue weighted by Gasteiger charge is -2.07. The van der Waals surface area contributed by atoms with Gasteiger partial charge in [-0.15, -0.1) is 0 Å². The predicted octanol–water partition coefficient (Wildman–Crippen LogP) is 2.88. The van der Waals surface area contributed by atoms with E-state index in [1.165, 1.54) is 0 Å². The third-order valence-electron chi connectivity index (χ3n) is 2.17. The van der Waals surface area contributed by atoms with E-state index in [2.05, 4.69) is 0 Å². The summed E-state index contributed by atoms with van der Waals surface area (Å²) in [6.45, 7) is 6.22. The molecule has 3 heteroatoms. The molecular formula is C12H18O3. The van der Waals surface area contributed by atoms with E-state index in [-0.39, 0.29) is 6.79 Å². The fraction of sp³-hybridized carbons (Fsp3) is 0.500. The highest BCUT2D eigenvalue weighted by Crippen LogP contribution is 2.34. The van der Waals surface area contributed by atoms with E-state index >= 15 is 0 Å². The van der Waals surface area contributed by atoms with Gasteiger partial charge in [-0.05, 0) is 24.1 Å². The monoisotopic (exact) mass is 210 g/mol. The van der Waals surface area contributed by atoms with Crippen molar-refractivity contribution < 1.29 is 14.6 Å². The summed E-state index contributed by atoms with van der Waals surface area (Å²) in [5.41, 5.74) is 0.881. The van der Waals surface area contributed by atoms with E-state index in [1.807, 2.05) is 39.0 Å². The molecule has 0 aliphatic carbocycles. The van der Waals surface area contributed by atoms with Gasteiger partial charge in [-0.3, -0.25) is 0 Å². The average Bonchev–Trinajstić information content (AvgIpc) is 2.77. The SMILES string of the molecule is CC.CCC(O)c1ccc2c(c1)OCO2. The summed E-state index contributed by atoms with van der Waals surface area (Å²) in [6, 6.07) is 5.52. The molecule has 1 unspecified atom stereocenters. The van der Waals surface area contributed by atoms with Crippen LogP contribution in [0.15, 0.2) is 18.2 Å². The molecule has 0 radical (unpaired) electrons. The Balaban J connectivity index is 0.000000531. The summed E-state index contributed by atoms with van der Waals surface area (Å²) in [5, 5.41) is 9.56. The minimum Gasteiger partial charge on any atom is -0.454 e. The first-order chi connectivity index (χ1) is 7.31. The Hall–Kier alpha value is -1.22. The zero-order valence-electron chi connectivity index (χ0n) is 9.49. The van der Waals surface area contributed by atoms with Gasteiger partial charge in [-0.2, -0.15) is 0 Å². The lowest BCUT2D eigenvalue weighted by Crippen LogP contribution is -1.94. The van der Waals surface area contributed by atoms with Crippen molar-refractivity contribution in [2.24, 2.45) is 0 Å². The van der Waals surface area contributed by atoms with Crippen LogP contribution >= 0.6 is 0 Å². The molecule has 0 amide bonds. The Morgan fingerprint density at radius 2 is 1.93 bits per heavy atom. The number of hydrogen-bond donors (Lipinski definition) is 1. The van der Waals surface area contributed by atoms with E-state index in [4.69, 9.17) is 9.47 Å². The lowest BCUT2D eigenvalue weighted by atomic mass is 10.1. The molecule has 1 aliphatic rings. The van der Waals surface area contributed by atoms with Crippen LogP contribution in [0.25, 0.3) is 0 Å². The van der Waals surface area contributed by atoms with Crippen LogP contribution in [0.5, 0.6) is 11.5 Å². The first-order valence-electron chi connectivity index (χ1n) is 5.39. The number of hydrogen-bond acceptors (Lipinski definition) is 3. The van der Waals surface area contributed by atoms with Gasteiger partial charge >= 0.3 is 0 Å². The third-order valence-corrected chi connectivity index (χ3v) is 2.17. The van der Waals surface area contributed by atoms with E-state index in [0.29, 0.717) is 6.42 Å². The van der Waals surface area contributed by atoms with Crippen LogP contribution in [0.4, 0.5) is 0 Å². The van der Waals surface area contributed by atoms with Crippen molar-refractivity contribution >= 4 is 0 Å². The molecule has 1 atom stereocenters. The summed E-state index contributed by atoms with van der Waals surface area (Å²) in [5.74, 6) is 1.48. The topological polar surface area (TPSA) is 38.7 Å². The Morgan fingerprint density at radius 3 is 2.60 bits per heavy atom. The van der Waals surface area contributed by atoms with Gasteiger partial charge in [-0.1, -0.05) is 26.8 Å². The summed E-state index contributed by atoms with van der Waals surface area (Å²) in [4.78, 5) is 0. The summed E-state index contributed by atoms with van der Waals surface area (Å²) in [7, 11) is 0. The zero-order chi connectivity index (χ0) is 11.3. The normalized spacial score (nSPS) is 14.1. The van der Waals surface area contributed by atoms with Gasteiger partial charge in [0.2, 0.25) is 6.79 Å². The molecule has 0 spiro atoms. The van der Waals surface area contributed by atoms with Gasteiger partial charge in [0.05, 0.1) is 6.10 Å². The van der Waals surface area contributed by atoms with Crippen molar-refractivity contribution in [1.29, 1.82) is 0 Å². The largest absolute Gasteiger partial charge is 0.454 e. The first-order valence-corrected chi connectivity index (χ1v) is 5.39. The van der Waals surface area contributed by atoms with Crippen LogP contribution in [-0.2, 0) is 0 Å². The molecule has 0 saturated carbocycles. The number of aliphatic hydroxyl groups is 1. The number of fused-ring (bicyclic) bond motifs is 1. The molecule has 1 heterocycles. The van der Waals surface area contributed by atoms with E-state index in [0.717, 1.165) is 17.1 Å². The molecule has 1 N–H and O–H groups in total. The Labute approximate surface area is 90.6 Å². The smallest absolute Gasteiger partial charge is 0.231 e. The van der Waals surface area contributed by atoms with Crippen molar-refractivity contribution in [3.8, 4) is 11.5 Å². The Kier molecular flexibility index (Phi) is 4.43. The van der Waals surface area contributed by atoms with Crippen LogP contribution in [0.2, 0.25) is 0 Å². The van der Waals surface area contributed by atoms with Gasteiger partial charge in [0.1, 0.15) is 0 Å². The van der Waals surface area contributed by atoms with E-state index in [1.54, 1.807) is 0 Å². The van der Waals surface area contributed by atoms with Gasteiger partial charge in [0.15, 0.2) is 11.5 Å². The number of benzene rings is 1. The summed E-state index contributed by atoms with van der Waals surface area (Å²) < 4.78 is 10.4. The van der Waals surface area contributed by atoms with Crippen LogP contribution < -0.4 is 9.47 Å². The molecule has 15 heavy (non-hydrogen) atoms. The molecule has 3 nitrogen and oxygen atoms in total. The average molecular weight is 210 g/mol. The second kappa shape index (κ2) is 5.61. The molecule has 0 saturated heterocycles. The molecule has 1 aliphatic heterocycles. The molecule has 84 valence electrons. The fourth-order valence-corrected chi connectivity index (χ4v) is 1.36. The minimum atomic E-state index is -0.408. The fourth-order valence-electron chi connectivity index (χ4n) is 1.36. The highest BCUT2D eigenvalue weighted by Gasteiger charge is 2.15. The van der Waals surface area contributed by atoms with E-state index in [9.17, 15) is 5.11 Å². The van der Waals surface area contributed by atoms with Crippen molar-refractivity contribution in [3.05, 3.63) is 23.8 Å². The van der Waals surface area contributed by atoms with Crippen LogP contribution in [0, 0.1) is 0 Å². The van der Waals surface area contributed by atoms with Gasteiger partial charge < -0.3 is 14.6 Å². The van der Waals surface area contributed by atoms with Crippen molar-refractivity contribution in [2.45, 2.75) is 33.3 Å². The maximum atomic E-state index is 9.56. The highest BCUT2D eigenvalue weighted by atomic mass is 16.7. The lowest BCUT2D eigenvalue weighted by molar-refractivity contribution is 0.169. The van der Waals surface area contributed by atoms with Crippen LogP contribution in [0.3, 0.4) is 0 Å². The van der Waals surface area contributed by atoms with Gasteiger partial charge in [0.25, 0.3) is 0 Å². The molecule has 0 fully saturated rings. The first kappa shape index (κ1) is 11.9. The molecule has 2 rings (SSSR count). The molecule has 0 aromatic heterocycles. The molecule has 1 aromatic rings. The molecular weight excluding hydrogens is 192 g/mol. The molecule has 0 bridgehead atoms. The van der Waals surface area contributed by atoms with Gasteiger partial charge in [0, 0.05) is 0 Å². The number of aliphatic hydroxyl groups excluding tert-OH is 1. The zero-order valence-corrected chi connectivity index (χ0v) is 9.49. The second-order valence-corrected chi connectivity index (χ2v) is 3.04. The second-order valence-electron chi connectivity index (χ2n) is 3.04. The number of ether oxygens (including phenoxy) is 2. The summed E-state index contributed by atoms with van der Waals surface area (Å²) in [6.07, 6.45) is 0.300. The highest BCUT2D eigenvalue weighted by molar-refractivity contribution is 5.44. The Morgan fingerprint density at radius 1 is 1.27 bits per heavy atom. The van der Waals surface area contributed by atoms with Gasteiger partial charge in [-0.25, -0.2) is 0 Å². The van der Waals surface area contributed by atoms with Crippen molar-refractivity contribution in [2.75, 3.05) is 6.79 Å². The number of rotatable bonds is 2. The van der Waals surface area contributed by atoms with Crippen LogP contribution in [0.1, 0.15) is 38.9 Å². The third kappa shape index (κ3) is 2.63. The van der Waals surface area contributed by atoms with E-state index < -0.39 is 6.10 Å². The maximum absolute atomic E-state index is 9.56. The predicted molar refractivity (Wildman–Crippen MR) is 59.2 cm³/mol. The molecule has 1 aromatic carbocycles. The van der Waals surface area contributed by atoms with Crippen LogP contribution in [-0.4, -0.2) is 11.9 Å². The quantitative estimate of drug-likeness (QED) is 0.815. The summed E-state index contributed by atoms with van der Waals surface area (Å²) >= 11 is 0. The van der Waals surface area contributed by atoms with Crippen molar-refractivity contribution in [1.82, 2.24) is 0 Å². The maximum Gasteiger partial charge on any atom is 0.231 e.